The van der Waals surface area contributed by atoms with Crippen LogP contribution in [0.5, 0.6) is 0 Å². The molecular formula is C12H22N2O. The summed E-state index contributed by atoms with van der Waals surface area (Å²) in [7, 11) is 1.91. The Morgan fingerprint density at radius 3 is 2.73 bits per heavy atom. The first-order valence-electron chi connectivity index (χ1n) is 5.55. The molecule has 0 fully saturated rings. The molecular weight excluding hydrogens is 188 g/mol. The molecule has 0 aromatic heterocycles. The Kier molecular flexibility index (Phi) is 8.90. The summed E-state index contributed by atoms with van der Waals surface area (Å²) in [6.45, 7) is 3.78. The average molecular weight is 210 g/mol. The molecule has 0 aliphatic rings. The number of unbranched alkanes of at least 4 members (excludes halogenated alkanes) is 2. The number of carbonyl (C=O) groups is 1. The van der Waals surface area contributed by atoms with Crippen LogP contribution in [0.4, 0.5) is 0 Å². The second kappa shape index (κ2) is 9.54. The maximum absolute atomic E-state index is 11.3. The van der Waals surface area contributed by atoms with E-state index in [0.717, 1.165) is 32.4 Å². The van der Waals surface area contributed by atoms with Gasteiger partial charge in [-0.25, -0.2) is 0 Å². The van der Waals surface area contributed by atoms with Crippen LogP contribution in [0, 0.1) is 18.3 Å². The molecule has 1 amide bonds. The van der Waals surface area contributed by atoms with E-state index < -0.39 is 0 Å². The van der Waals surface area contributed by atoms with E-state index in [1.807, 2.05) is 7.05 Å². The number of amides is 1. The highest BCUT2D eigenvalue weighted by atomic mass is 16.1. The van der Waals surface area contributed by atoms with Gasteiger partial charge < -0.3 is 10.6 Å². The van der Waals surface area contributed by atoms with Gasteiger partial charge in [0.2, 0.25) is 5.91 Å². The molecule has 0 rings (SSSR count). The minimum Gasteiger partial charge on any atom is -0.356 e. The molecule has 0 bridgehead atoms. The summed E-state index contributed by atoms with van der Waals surface area (Å²) in [5, 5.41) is 5.99. The van der Waals surface area contributed by atoms with Crippen LogP contribution < -0.4 is 10.6 Å². The zero-order valence-electron chi connectivity index (χ0n) is 9.81. The van der Waals surface area contributed by atoms with E-state index in [2.05, 4.69) is 23.5 Å². The fourth-order valence-electron chi connectivity index (χ4n) is 1.31. The van der Waals surface area contributed by atoms with Gasteiger partial charge in [0.25, 0.3) is 0 Å². The third-order valence-corrected chi connectivity index (χ3v) is 2.18. The minimum absolute atomic E-state index is 0.134. The lowest BCUT2D eigenvalue weighted by Gasteiger charge is -2.11. The highest BCUT2D eigenvalue weighted by Gasteiger charge is 2.04. The number of hydrogen-bond donors (Lipinski definition) is 2. The average Bonchev–Trinajstić information content (AvgIpc) is 2.22. The van der Waals surface area contributed by atoms with Gasteiger partial charge in [0.1, 0.15) is 0 Å². The zero-order chi connectivity index (χ0) is 11.5. The Bertz CT molecular complexity index is 208. The van der Waals surface area contributed by atoms with Gasteiger partial charge in [-0.1, -0.05) is 6.92 Å². The maximum atomic E-state index is 11.3. The molecule has 0 radical (unpaired) electrons. The van der Waals surface area contributed by atoms with E-state index >= 15 is 0 Å². The van der Waals surface area contributed by atoms with Gasteiger partial charge in [0, 0.05) is 19.4 Å². The van der Waals surface area contributed by atoms with Crippen molar-refractivity contribution < 1.29 is 4.79 Å². The van der Waals surface area contributed by atoms with Crippen molar-refractivity contribution in [1.29, 1.82) is 0 Å². The molecule has 0 saturated heterocycles. The summed E-state index contributed by atoms with van der Waals surface area (Å²) in [5.41, 5.74) is 0. The summed E-state index contributed by atoms with van der Waals surface area (Å²) < 4.78 is 0. The van der Waals surface area contributed by atoms with E-state index in [9.17, 15) is 4.79 Å². The number of carbonyl (C=O) groups excluding carboxylic acids is 1. The molecule has 0 aromatic rings. The molecule has 1 atom stereocenters. The predicted molar refractivity (Wildman–Crippen MR) is 63.4 cm³/mol. The Balaban J connectivity index is 3.37. The smallest absolute Gasteiger partial charge is 0.220 e. The topological polar surface area (TPSA) is 41.1 Å². The van der Waals surface area contributed by atoms with E-state index in [1.165, 1.54) is 0 Å². The molecule has 0 saturated carbocycles. The first kappa shape index (κ1) is 14.0. The van der Waals surface area contributed by atoms with Gasteiger partial charge in [-0.3, -0.25) is 4.79 Å². The molecule has 3 heteroatoms. The molecule has 2 N–H and O–H groups in total. The van der Waals surface area contributed by atoms with E-state index in [4.69, 9.17) is 6.42 Å². The normalized spacial score (nSPS) is 11.8. The zero-order valence-corrected chi connectivity index (χ0v) is 9.81. The molecule has 0 aromatic carbocycles. The van der Waals surface area contributed by atoms with Crippen LogP contribution >= 0.6 is 0 Å². The third-order valence-electron chi connectivity index (χ3n) is 2.18. The van der Waals surface area contributed by atoms with Crippen molar-refractivity contribution in [2.45, 2.75) is 32.6 Å². The van der Waals surface area contributed by atoms with Gasteiger partial charge in [0.05, 0.1) is 0 Å². The summed E-state index contributed by atoms with van der Waals surface area (Å²) in [6.07, 6.45) is 8.30. The first-order valence-corrected chi connectivity index (χ1v) is 5.55. The summed E-state index contributed by atoms with van der Waals surface area (Å²) >= 11 is 0. The van der Waals surface area contributed by atoms with E-state index in [-0.39, 0.29) is 5.91 Å². The summed E-state index contributed by atoms with van der Waals surface area (Å²) in [5.74, 6) is 3.18. The Morgan fingerprint density at radius 1 is 1.40 bits per heavy atom. The van der Waals surface area contributed by atoms with Crippen molar-refractivity contribution >= 4 is 5.91 Å². The van der Waals surface area contributed by atoms with Gasteiger partial charge in [-0.2, -0.15) is 0 Å². The lowest BCUT2D eigenvalue weighted by molar-refractivity contribution is -0.121. The number of rotatable bonds is 8. The van der Waals surface area contributed by atoms with E-state index in [0.29, 0.717) is 12.3 Å². The molecule has 3 nitrogen and oxygen atoms in total. The van der Waals surface area contributed by atoms with Gasteiger partial charge >= 0.3 is 0 Å². The van der Waals surface area contributed by atoms with Crippen LogP contribution in [-0.2, 0) is 4.79 Å². The predicted octanol–water partition coefficient (Wildman–Crippen LogP) is 1.15. The molecule has 0 spiro atoms. The van der Waals surface area contributed by atoms with Crippen molar-refractivity contribution in [2.75, 3.05) is 20.1 Å². The number of hydrogen-bond acceptors (Lipinski definition) is 2. The summed E-state index contributed by atoms with van der Waals surface area (Å²) in [6, 6.07) is 0. The summed E-state index contributed by atoms with van der Waals surface area (Å²) in [4.78, 5) is 11.3. The van der Waals surface area contributed by atoms with Crippen molar-refractivity contribution in [1.82, 2.24) is 10.6 Å². The fraction of sp³-hybridized carbons (Fsp3) is 0.750. The van der Waals surface area contributed by atoms with E-state index in [1.54, 1.807) is 0 Å². The second-order valence-corrected chi connectivity index (χ2v) is 3.88. The Morgan fingerprint density at radius 2 is 2.13 bits per heavy atom. The highest BCUT2D eigenvalue weighted by molar-refractivity contribution is 5.75. The minimum atomic E-state index is 0.134. The fourth-order valence-corrected chi connectivity index (χ4v) is 1.31. The van der Waals surface area contributed by atoms with Crippen LogP contribution in [0.15, 0.2) is 0 Å². The molecule has 86 valence electrons. The highest BCUT2D eigenvalue weighted by Crippen LogP contribution is 1.98. The monoisotopic (exact) mass is 210 g/mol. The van der Waals surface area contributed by atoms with Crippen molar-refractivity contribution in [3.8, 4) is 12.3 Å². The van der Waals surface area contributed by atoms with Crippen LogP contribution in [0.2, 0.25) is 0 Å². The number of terminal acetylenes is 1. The second-order valence-electron chi connectivity index (χ2n) is 3.88. The van der Waals surface area contributed by atoms with Crippen LogP contribution in [0.25, 0.3) is 0 Å². The molecule has 0 aliphatic carbocycles. The number of nitrogens with one attached hydrogen (secondary N) is 2. The van der Waals surface area contributed by atoms with Crippen molar-refractivity contribution in [2.24, 2.45) is 5.92 Å². The van der Waals surface area contributed by atoms with Gasteiger partial charge in [-0.05, 0) is 32.4 Å². The van der Waals surface area contributed by atoms with Gasteiger partial charge in [0.15, 0.2) is 0 Å². The van der Waals surface area contributed by atoms with Crippen LogP contribution in [0.3, 0.4) is 0 Å². The lowest BCUT2D eigenvalue weighted by atomic mass is 10.1. The third kappa shape index (κ3) is 9.30. The van der Waals surface area contributed by atoms with Crippen LogP contribution in [0.1, 0.15) is 32.6 Å². The molecule has 15 heavy (non-hydrogen) atoms. The molecule has 0 heterocycles. The Labute approximate surface area is 93.0 Å². The Hall–Kier alpha value is -1.01. The van der Waals surface area contributed by atoms with Crippen molar-refractivity contribution in [3.05, 3.63) is 0 Å². The largest absolute Gasteiger partial charge is 0.356 e. The maximum Gasteiger partial charge on any atom is 0.220 e. The first-order chi connectivity index (χ1) is 7.20. The standard InChI is InChI=1S/C12H22N2O/c1-4-5-6-7-8-12(15)14-10-11(2)9-13-3/h1,11,13H,5-10H2,2-3H3,(H,14,15). The SMILES string of the molecule is C#CCCCCC(=O)NCC(C)CNC. The molecule has 1 unspecified atom stereocenters. The van der Waals surface area contributed by atoms with Gasteiger partial charge in [-0.15, -0.1) is 12.3 Å². The molecule has 0 aliphatic heterocycles. The van der Waals surface area contributed by atoms with Crippen LogP contribution in [-0.4, -0.2) is 26.0 Å². The lowest BCUT2D eigenvalue weighted by Crippen LogP contribution is -2.31. The van der Waals surface area contributed by atoms with Crippen molar-refractivity contribution in [3.63, 3.8) is 0 Å². The quantitative estimate of drug-likeness (QED) is 0.466.